The monoisotopic (exact) mass is 376 g/mol. The summed E-state index contributed by atoms with van der Waals surface area (Å²) in [6, 6.07) is 5.24. The highest BCUT2D eigenvalue weighted by Gasteiger charge is 2.37. The van der Waals surface area contributed by atoms with Gasteiger partial charge in [-0.25, -0.2) is 9.18 Å². The van der Waals surface area contributed by atoms with Gasteiger partial charge in [0.25, 0.3) is 5.91 Å². The van der Waals surface area contributed by atoms with Crippen molar-refractivity contribution in [1.29, 1.82) is 0 Å². The molecule has 0 unspecified atom stereocenters. The van der Waals surface area contributed by atoms with Gasteiger partial charge in [-0.15, -0.1) is 0 Å². The molecule has 2 heterocycles. The van der Waals surface area contributed by atoms with Crippen LogP contribution in [-0.2, 0) is 13.1 Å². The van der Waals surface area contributed by atoms with Gasteiger partial charge in [0.1, 0.15) is 5.82 Å². The van der Waals surface area contributed by atoms with E-state index in [0.717, 1.165) is 18.5 Å². The summed E-state index contributed by atoms with van der Waals surface area (Å²) in [7, 11) is 0. The summed E-state index contributed by atoms with van der Waals surface area (Å²) in [6.45, 7) is 1.30. The molecule has 3 amide bonds. The van der Waals surface area contributed by atoms with E-state index in [0.29, 0.717) is 41.0 Å². The number of nitrogens with one attached hydrogen (secondary N) is 1. The Hall–Kier alpha value is -2.54. The van der Waals surface area contributed by atoms with Gasteiger partial charge >= 0.3 is 6.03 Å². The maximum absolute atomic E-state index is 13.0. The molecule has 26 heavy (non-hydrogen) atoms. The topological polar surface area (TPSA) is 80.4 Å². The number of amides is 3. The van der Waals surface area contributed by atoms with Crippen molar-refractivity contribution in [1.82, 2.24) is 9.47 Å². The molecule has 1 aliphatic carbocycles. The molecule has 3 N–H and O–H groups in total. The fourth-order valence-electron chi connectivity index (χ4n) is 3.47. The highest BCUT2D eigenvalue weighted by molar-refractivity contribution is 6.35. The molecule has 136 valence electrons. The van der Waals surface area contributed by atoms with Crippen LogP contribution < -0.4 is 11.1 Å². The molecule has 6 nitrogen and oxygen atoms in total. The van der Waals surface area contributed by atoms with Crippen molar-refractivity contribution in [3.63, 3.8) is 0 Å². The van der Waals surface area contributed by atoms with Crippen LogP contribution in [0.4, 0.5) is 14.9 Å². The molecule has 1 fully saturated rings. The number of fused-ring (bicyclic) bond motifs is 1. The summed E-state index contributed by atoms with van der Waals surface area (Å²) in [6.07, 6.45) is 2.10. The number of hydrogen-bond acceptors (Lipinski definition) is 2. The molecule has 0 atom stereocenters. The number of primary amides is 1. The van der Waals surface area contributed by atoms with Crippen molar-refractivity contribution in [3.05, 3.63) is 52.1 Å². The molecule has 0 radical (unpaired) electrons. The first kappa shape index (κ1) is 16.9. The Labute approximate surface area is 154 Å². The van der Waals surface area contributed by atoms with Crippen LogP contribution in [0.1, 0.15) is 40.5 Å². The van der Waals surface area contributed by atoms with Crippen LogP contribution in [0.5, 0.6) is 0 Å². The summed E-state index contributed by atoms with van der Waals surface area (Å²) >= 11 is 6.45. The zero-order chi connectivity index (χ0) is 18.4. The molecule has 1 aromatic carbocycles. The third-order valence-corrected chi connectivity index (χ3v) is 5.26. The third-order valence-electron chi connectivity index (χ3n) is 4.88. The molecule has 1 saturated carbocycles. The smallest absolute Gasteiger partial charge is 0.322 e. The Bertz CT molecular complexity index is 890. The molecule has 2 aliphatic rings. The van der Waals surface area contributed by atoms with Crippen molar-refractivity contribution in [2.24, 2.45) is 5.73 Å². The Morgan fingerprint density at radius 1 is 1.19 bits per heavy atom. The summed E-state index contributed by atoms with van der Waals surface area (Å²) < 4.78 is 15.0. The number of benzene rings is 1. The lowest BCUT2D eigenvalue weighted by molar-refractivity contribution is 0.0997. The number of anilines is 1. The number of hydrogen-bond donors (Lipinski definition) is 2. The van der Waals surface area contributed by atoms with Crippen LogP contribution in [-0.4, -0.2) is 28.0 Å². The maximum atomic E-state index is 13.0. The van der Waals surface area contributed by atoms with Crippen LogP contribution in [0, 0.1) is 5.82 Å². The van der Waals surface area contributed by atoms with Gasteiger partial charge in [0, 0.05) is 30.4 Å². The third kappa shape index (κ3) is 2.92. The Balaban J connectivity index is 1.59. The highest BCUT2D eigenvalue weighted by Crippen LogP contribution is 2.46. The van der Waals surface area contributed by atoms with Crippen molar-refractivity contribution in [2.75, 3.05) is 11.9 Å². The van der Waals surface area contributed by atoms with E-state index in [-0.39, 0.29) is 18.4 Å². The number of rotatable bonds is 3. The number of nitrogens with zero attached hydrogens (tertiary/aromatic N) is 2. The molecule has 1 aliphatic heterocycles. The first-order valence-electron chi connectivity index (χ1n) is 8.47. The fourth-order valence-corrected chi connectivity index (χ4v) is 3.93. The van der Waals surface area contributed by atoms with Gasteiger partial charge in [-0.1, -0.05) is 11.6 Å². The van der Waals surface area contributed by atoms with E-state index in [1.807, 2.05) is 4.57 Å². The lowest BCUT2D eigenvalue weighted by atomic mass is 10.2. The van der Waals surface area contributed by atoms with Crippen molar-refractivity contribution < 1.29 is 14.0 Å². The van der Waals surface area contributed by atoms with E-state index >= 15 is 0 Å². The minimum absolute atomic E-state index is 0.248. The number of carbonyl (C=O) groups excluding carboxylic acids is 2. The van der Waals surface area contributed by atoms with Crippen LogP contribution in [0.25, 0.3) is 0 Å². The molecule has 1 aromatic heterocycles. The Morgan fingerprint density at radius 2 is 1.88 bits per heavy atom. The average Bonchev–Trinajstić information content (AvgIpc) is 3.38. The molecule has 0 spiro atoms. The first-order valence-corrected chi connectivity index (χ1v) is 8.85. The van der Waals surface area contributed by atoms with Gasteiger partial charge in [0.2, 0.25) is 0 Å². The number of halogens is 2. The summed E-state index contributed by atoms with van der Waals surface area (Å²) in [5.74, 6) is -0.576. The van der Waals surface area contributed by atoms with Crippen LogP contribution in [0.3, 0.4) is 0 Å². The number of urea groups is 1. The largest absolute Gasteiger partial charge is 0.365 e. The molecule has 2 aromatic rings. The molecular formula is C18H18ClFN4O2. The fraction of sp³-hybridized carbons (Fsp3) is 0.333. The van der Waals surface area contributed by atoms with Gasteiger partial charge in [-0.3, -0.25) is 4.79 Å². The second-order valence-electron chi connectivity index (χ2n) is 6.67. The number of nitrogens with two attached hydrogens (primary N) is 1. The van der Waals surface area contributed by atoms with Gasteiger partial charge < -0.3 is 20.5 Å². The van der Waals surface area contributed by atoms with Crippen LogP contribution >= 0.6 is 11.6 Å². The zero-order valence-electron chi connectivity index (χ0n) is 14.0. The Morgan fingerprint density at radius 3 is 2.50 bits per heavy atom. The minimum Gasteiger partial charge on any atom is -0.365 e. The molecule has 4 rings (SSSR count). The first-order chi connectivity index (χ1) is 12.5. The lowest BCUT2D eigenvalue weighted by Crippen LogP contribution is -2.41. The highest BCUT2D eigenvalue weighted by atomic mass is 35.5. The second kappa shape index (κ2) is 6.32. The van der Waals surface area contributed by atoms with Gasteiger partial charge in [0.05, 0.1) is 22.8 Å². The van der Waals surface area contributed by atoms with Crippen molar-refractivity contribution in [3.8, 4) is 0 Å². The number of aromatic nitrogens is 1. The normalized spacial score (nSPS) is 16.3. The van der Waals surface area contributed by atoms with Gasteiger partial charge in [-0.05, 0) is 37.1 Å². The molecule has 0 bridgehead atoms. The van der Waals surface area contributed by atoms with E-state index < -0.39 is 5.91 Å². The van der Waals surface area contributed by atoms with Crippen molar-refractivity contribution in [2.45, 2.75) is 31.8 Å². The van der Waals surface area contributed by atoms with E-state index in [2.05, 4.69) is 5.32 Å². The van der Waals surface area contributed by atoms with Crippen molar-refractivity contribution >= 4 is 29.2 Å². The summed E-state index contributed by atoms with van der Waals surface area (Å²) in [5.41, 5.74) is 8.01. The molecule has 0 saturated heterocycles. The average molecular weight is 377 g/mol. The van der Waals surface area contributed by atoms with Gasteiger partial charge in [-0.2, -0.15) is 0 Å². The zero-order valence-corrected chi connectivity index (χ0v) is 14.7. The maximum Gasteiger partial charge on any atom is 0.322 e. The summed E-state index contributed by atoms with van der Waals surface area (Å²) in [5, 5.41) is 3.16. The van der Waals surface area contributed by atoms with Gasteiger partial charge in [0.15, 0.2) is 0 Å². The lowest BCUT2D eigenvalue weighted by Gasteiger charge is -2.30. The number of carbonyl (C=O) groups is 2. The summed E-state index contributed by atoms with van der Waals surface area (Å²) in [4.78, 5) is 26.1. The van der Waals surface area contributed by atoms with E-state index in [9.17, 15) is 14.0 Å². The SMILES string of the molecule is NC(=O)c1c(Cl)c(C2CC2)n2c1CN(C(=O)Nc1ccc(F)cc1)CC2. The van der Waals surface area contributed by atoms with E-state index in [4.69, 9.17) is 17.3 Å². The predicted octanol–water partition coefficient (Wildman–Crippen LogP) is 3.30. The van der Waals surface area contributed by atoms with E-state index in [1.165, 1.54) is 24.3 Å². The molecule has 8 heteroatoms. The minimum atomic E-state index is -0.577. The quantitative estimate of drug-likeness (QED) is 0.861. The van der Waals surface area contributed by atoms with Crippen LogP contribution in [0.15, 0.2) is 24.3 Å². The van der Waals surface area contributed by atoms with E-state index in [1.54, 1.807) is 4.90 Å². The standard InChI is InChI=1S/C18H18ClFN4O2/c19-15-14(17(21)25)13-9-23(7-8-24(13)16(15)10-1-2-10)18(26)22-12-5-3-11(20)4-6-12/h3-6,10H,1-2,7-9H2,(H2,21,25)(H,22,26). The van der Waals surface area contributed by atoms with Crippen LogP contribution in [0.2, 0.25) is 5.02 Å². The second-order valence-corrected chi connectivity index (χ2v) is 7.05. The predicted molar refractivity (Wildman–Crippen MR) is 95.8 cm³/mol. The Kier molecular flexibility index (Phi) is 4.11. The molecular weight excluding hydrogens is 359 g/mol.